The lowest BCUT2D eigenvalue weighted by Crippen LogP contribution is -1.92. The van der Waals surface area contributed by atoms with Crippen LogP contribution in [0.3, 0.4) is 0 Å². The minimum atomic E-state index is 0.568. The van der Waals surface area contributed by atoms with Gasteiger partial charge >= 0.3 is 0 Å². The Hall–Kier alpha value is -1.80. The number of ether oxygens (including phenoxy) is 2. The van der Waals surface area contributed by atoms with Crippen molar-refractivity contribution in [1.82, 2.24) is 0 Å². The Morgan fingerprint density at radius 3 is 2.29 bits per heavy atom. The van der Waals surface area contributed by atoms with Gasteiger partial charge in [0.1, 0.15) is 12.4 Å². The maximum absolute atomic E-state index is 5.51. The highest BCUT2D eigenvalue weighted by molar-refractivity contribution is 5.27. The molecule has 2 aromatic rings. The molecule has 2 heteroatoms. The lowest BCUT2D eigenvalue weighted by atomic mass is 10.2. The Kier molecular flexibility index (Phi) is 4.17. The van der Waals surface area contributed by atoms with Crippen molar-refractivity contribution in [3.05, 3.63) is 72.3 Å². The average molecular weight is 227 g/mol. The molecule has 0 fully saturated rings. The van der Waals surface area contributed by atoms with Crippen molar-refractivity contribution < 1.29 is 9.47 Å². The van der Waals surface area contributed by atoms with E-state index in [2.05, 4.69) is 0 Å². The van der Waals surface area contributed by atoms with E-state index in [1.807, 2.05) is 54.6 Å². The molecule has 0 amide bonds. The van der Waals surface area contributed by atoms with Crippen LogP contribution in [0.1, 0.15) is 11.1 Å². The van der Waals surface area contributed by atoms with Crippen LogP contribution in [-0.2, 0) is 11.3 Å². The van der Waals surface area contributed by atoms with E-state index in [1.165, 1.54) is 0 Å². The lowest BCUT2D eigenvalue weighted by molar-refractivity contribution is 0.199. The van der Waals surface area contributed by atoms with Gasteiger partial charge in [-0.2, -0.15) is 0 Å². The fourth-order valence-corrected chi connectivity index (χ4v) is 1.49. The van der Waals surface area contributed by atoms with Crippen LogP contribution >= 0.6 is 0 Å². The van der Waals surface area contributed by atoms with Crippen molar-refractivity contribution in [3.8, 4) is 5.75 Å². The standard InChI is InChI=1S/C15H15O2/c1-16-15-9-7-14(8-10-15)12-17-11-13-5-3-2-4-6-13/h2-11H,12H2,1H3. The minimum Gasteiger partial charge on any atom is -0.497 e. The second-order valence-corrected chi connectivity index (χ2v) is 3.69. The molecule has 0 saturated carbocycles. The van der Waals surface area contributed by atoms with Gasteiger partial charge < -0.3 is 9.47 Å². The van der Waals surface area contributed by atoms with Gasteiger partial charge in [0.2, 0.25) is 0 Å². The highest BCUT2D eigenvalue weighted by atomic mass is 16.5. The second-order valence-electron chi connectivity index (χ2n) is 3.69. The van der Waals surface area contributed by atoms with Gasteiger partial charge in [0.15, 0.2) is 0 Å². The molecule has 0 bridgehead atoms. The van der Waals surface area contributed by atoms with Gasteiger partial charge in [-0.1, -0.05) is 42.5 Å². The molecule has 0 aliphatic rings. The molecular formula is C15H15O2. The zero-order valence-corrected chi connectivity index (χ0v) is 9.80. The molecule has 0 spiro atoms. The minimum absolute atomic E-state index is 0.568. The molecule has 0 aliphatic heterocycles. The summed E-state index contributed by atoms with van der Waals surface area (Å²) in [4.78, 5) is 0. The number of hydrogen-bond acceptors (Lipinski definition) is 2. The molecular weight excluding hydrogens is 212 g/mol. The van der Waals surface area contributed by atoms with Crippen molar-refractivity contribution in [3.63, 3.8) is 0 Å². The maximum atomic E-state index is 5.51. The van der Waals surface area contributed by atoms with E-state index >= 15 is 0 Å². The fourth-order valence-electron chi connectivity index (χ4n) is 1.49. The molecule has 2 rings (SSSR count). The van der Waals surface area contributed by atoms with Crippen LogP contribution in [0.25, 0.3) is 0 Å². The van der Waals surface area contributed by atoms with Crippen LogP contribution in [0, 0.1) is 6.61 Å². The smallest absolute Gasteiger partial charge is 0.118 e. The summed E-state index contributed by atoms with van der Waals surface area (Å²) in [6.45, 7) is 2.34. The molecule has 0 atom stereocenters. The van der Waals surface area contributed by atoms with Crippen LogP contribution in [0.4, 0.5) is 0 Å². The van der Waals surface area contributed by atoms with Gasteiger partial charge in [0.05, 0.1) is 13.7 Å². The number of hydrogen-bond donors (Lipinski definition) is 0. The molecule has 0 heterocycles. The fraction of sp³-hybridized carbons (Fsp3) is 0.133. The van der Waals surface area contributed by atoms with Crippen LogP contribution in [0.5, 0.6) is 5.75 Å². The van der Waals surface area contributed by atoms with Crippen molar-refractivity contribution in [2.24, 2.45) is 0 Å². The highest BCUT2D eigenvalue weighted by Crippen LogP contribution is 2.13. The molecule has 2 aromatic carbocycles. The zero-order valence-electron chi connectivity index (χ0n) is 9.80. The first kappa shape index (κ1) is 11.7. The molecule has 0 N–H and O–H groups in total. The lowest BCUT2D eigenvalue weighted by Gasteiger charge is -2.05. The quantitative estimate of drug-likeness (QED) is 0.779. The van der Waals surface area contributed by atoms with Gasteiger partial charge in [0.25, 0.3) is 0 Å². The maximum Gasteiger partial charge on any atom is 0.118 e. The summed E-state index contributed by atoms with van der Waals surface area (Å²) in [5.41, 5.74) is 2.19. The Labute approximate surface area is 102 Å². The summed E-state index contributed by atoms with van der Waals surface area (Å²) in [6.07, 6.45) is 0. The summed E-state index contributed by atoms with van der Waals surface area (Å²) >= 11 is 0. The Bertz CT molecular complexity index is 434. The van der Waals surface area contributed by atoms with E-state index in [4.69, 9.17) is 9.47 Å². The molecule has 0 unspecified atom stereocenters. The third kappa shape index (κ3) is 3.61. The largest absolute Gasteiger partial charge is 0.497 e. The van der Waals surface area contributed by atoms with Gasteiger partial charge in [-0.25, -0.2) is 0 Å². The average Bonchev–Trinajstić information content (AvgIpc) is 2.41. The monoisotopic (exact) mass is 227 g/mol. The Balaban J connectivity index is 1.82. The molecule has 1 radical (unpaired) electrons. The Morgan fingerprint density at radius 2 is 1.65 bits per heavy atom. The summed E-state index contributed by atoms with van der Waals surface area (Å²) in [5.74, 6) is 0.862. The van der Waals surface area contributed by atoms with Crippen LogP contribution in [0.15, 0.2) is 54.6 Å². The normalized spacial score (nSPS) is 10.2. The van der Waals surface area contributed by atoms with Crippen molar-refractivity contribution >= 4 is 0 Å². The van der Waals surface area contributed by atoms with Crippen molar-refractivity contribution in [2.45, 2.75) is 6.61 Å². The van der Waals surface area contributed by atoms with Gasteiger partial charge in [0, 0.05) is 0 Å². The molecule has 17 heavy (non-hydrogen) atoms. The van der Waals surface area contributed by atoms with E-state index in [0.29, 0.717) is 6.61 Å². The first-order valence-corrected chi connectivity index (χ1v) is 5.51. The third-order valence-corrected chi connectivity index (χ3v) is 2.43. The van der Waals surface area contributed by atoms with E-state index in [0.717, 1.165) is 16.9 Å². The van der Waals surface area contributed by atoms with E-state index in [9.17, 15) is 0 Å². The van der Waals surface area contributed by atoms with Crippen molar-refractivity contribution in [2.75, 3.05) is 7.11 Å². The first-order chi connectivity index (χ1) is 8.38. The summed E-state index contributed by atoms with van der Waals surface area (Å²) in [6, 6.07) is 17.8. The first-order valence-electron chi connectivity index (χ1n) is 5.51. The number of rotatable bonds is 5. The molecule has 0 saturated heterocycles. The molecule has 87 valence electrons. The van der Waals surface area contributed by atoms with E-state index in [-0.39, 0.29) is 0 Å². The SMILES string of the molecule is COc1ccc(CO[CH]c2ccccc2)cc1. The summed E-state index contributed by atoms with van der Waals surface area (Å²) in [5, 5.41) is 0. The molecule has 2 nitrogen and oxygen atoms in total. The predicted molar refractivity (Wildman–Crippen MR) is 67.6 cm³/mol. The van der Waals surface area contributed by atoms with Gasteiger partial charge in [-0.15, -0.1) is 0 Å². The number of benzene rings is 2. The highest BCUT2D eigenvalue weighted by Gasteiger charge is 1.96. The van der Waals surface area contributed by atoms with E-state index < -0.39 is 0 Å². The topological polar surface area (TPSA) is 18.5 Å². The zero-order chi connectivity index (χ0) is 11.9. The van der Waals surface area contributed by atoms with Gasteiger partial charge in [-0.05, 0) is 23.3 Å². The predicted octanol–water partition coefficient (Wildman–Crippen LogP) is 3.42. The Morgan fingerprint density at radius 1 is 0.941 bits per heavy atom. The summed E-state index contributed by atoms with van der Waals surface area (Å²) in [7, 11) is 1.66. The van der Waals surface area contributed by atoms with Crippen molar-refractivity contribution in [1.29, 1.82) is 0 Å². The number of methoxy groups -OCH3 is 1. The van der Waals surface area contributed by atoms with E-state index in [1.54, 1.807) is 13.7 Å². The third-order valence-electron chi connectivity index (χ3n) is 2.43. The summed E-state index contributed by atoms with van der Waals surface area (Å²) < 4.78 is 10.6. The van der Waals surface area contributed by atoms with Crippen LogP contribution in [-0.4, -0.2) is 7.11 Å². The molecule has 0 aromatic heterocycles. The van der Waals surface area contributed by atoms with Gasteiger partial charge in [-0.3, -0.25) is 0 Å². The van der Waals surface area contributed by atoms with Crippen LogP contribution < -0.4 is 4.74 Å². The van der Waals surface area contributed by atoms with Crippen LogP contribution in [0.2, 0.25) is 0 Å². The second kappa shape index (κ2) is 6.06. The molecule has 0 aliphatic carbocycles.